The largest absolute Gasteiger partial charge is 0.464 e. The number of nitrogens with one attached hydrogen (secondary N) is 1. The molecule has 0 bridgehead atoms. The van der Waals surface area contributed by atoms with Gasteiger partial charge in [0.1, 0.15) is 11.5 Å². The van der Waals surface area contributed by atoms with E-state index in [0.29, 0.717) is 24.6 Å². The SMILES string of the molecule is Cc1ccc(C(C)NC(=O)CCc2nc(C(C)(C)C)no2)o1. The van der Waals surface area contributed by atoms with E-state index in [-0.39, 0.29) is 17.4 Å². The number of carbonyl (C=O) groups is 1. The number of amides is 1. The number of nitrogens with zero attached hydrogens (tertiary/aromatic N) is 2. The van der Waals surface area contributed by atoms with Crippen LogP contribution in [0.1, 0.15) is 63.4 Å². The number of aromatic nitrogens is 2. The predicted molar refractivity (Wildman–Crippen MR) is 81.3 cm³/mol. The van der Waals surface area contributed by atoms with Gasteiger partial charge in [-0.1, -0.05) is 25.9 Å². The van der Waals surface area contributed by atoms with Crippen molar-refractivity contribution in [3.05, 3.63) is 35.4 Å². The first-order chi connectivity index (χ1) is 10.3. The molecule has 2 aromatic heterocycles. The second-order valence-electron chi connectivity index (χ2n) is 6.50. The zero-order chi connectivity index (χ0) is 16.3. The molecule has 6 nitrogen and oxygen atoms in total. The zero-order valence-corrected chi connectivity index (χ0v) is 13.8. The van der Waals surface area contributed by atoms with Crippen molar-refractivity contribution in [2.75, 3.05) is 0 Å². The van der Waals surface area contributed by atoms with Crippen molar-refractivity contribution in [2.24, 2.45) is 0 Å². The van der Waals surface area contributed by atoms with Crippen LogP contribution in [0.4, 0.5) is 0 Å². The van der Waals surface area contributed by atoms with Crippen LogP contribution in [0.2, 0.25) is 0 Å². The van der Waals surface area contributed by atoms with E-state index in [1.807, 2.05) is 46.8 Å². The molecule has 2 aromatic rings. The summed E-state index contributed by atoms with van der Waals surface area (Å²) in [6.45, 7) is 9.81. The van der Waals surface area contributed by atoms with E-state index in [9.17, 15) is 4.79 Å². The first-order valence-corrected chi connectivity index (χ1v) is 7.44. The minimum absolute atomic E-state index is 0.0722. The fraction of sp³-hybridized carbons (Fsp3) is 0.562. The quantitative estimate of drug-likeness (QED) is 0.918. The van der Waals surface area contributed by atoms with E-state index in [1.165, 1.54) is 0 Å². The van der Waals surface area contributed by atoms with Crippen LogP contribution in [0, 0.1) is 6.92 Å². The van der Waals surface area contributed by atoms with Gasteiger partial charge in [-0.15, -0.1) is 0 Å². The second kappa shape index (κ2) is 6.34. The molecule has 120 valence electrons. The van der Waals surface area contributed by atoms with Crippen LogP contribution in [-0.2, 0) is 16.6 Å². The molecule has 0 aliphatic rings. The summed E-state index contributed by atoms with van der Waals surface area (Å²) in [6.07, 6.45) is 0.731. The predicted octanol–water partition coefficient (Wildman–Crippen LogP) is 3.08. The molecule has 0 aliphatic heterocycles. The third kappa shape index (κ3) is 4.19. The highest BCUT2D eigenvalue weighted by Gasteiger charge is 2.21. The van der Waals surface area contributed by atoms with Crippen LogP contribution in [-0.4, -0.2) is 16.0 Å². The Kier molecular flexibility index (Phi) is 4.68. The number of rotatable bonds is 5. The first kappa shape index (κ1) is 16.3. The Morgan fingerprint density at radius 1 is 1.36 bits per heavy atom. The maximum atomic E-state index is 12.0. The highest BCUT2D eigenvalue weighted by molar-refractivity contribution is 5.76. The smallest absolute Gasteiger partial charge is 0.227 e. The van der Waals surface area contributed by atoms with Gasteiger partial charge in [0, 0.05) is 18.3 Å². The van der Waals surface area contributed by atoms with Gasteiger partial charge in [0.25, 0.3) is 0 Å². The van der Waals surface area contributed by atoms with E-state index < -0.39 is 0 Å². The Morgan fingerprint density at radius 2 is 2.09 bits per heavy atom. The Balaban J connectivity index is 1.84. The normalized spacial score (nSPS) is 13.1. The minimum Gasteiger partial charge on any atom is -0.464 e. The Morgan fingerprint density at radius 3 is 2.64 bits per heavy atom. The van der Waals surface area contributed by atoms with Gasteiger partial charge in [-0.2, -0.15) is 4.98 Å². The third-order valence-electron chi connectivity index (χ3n) is 3.27. The molecule has 22 heavy (non-hydrogen) atoms. The molecule has 1 unspecified atom stereocenters. The summed E-state index contributed by atoms with van der Waals surface area (Å²) < 4.78 is 10.7. The molecule has 6 heteroatoms. The van der Waals surface area contributed by atoms with Gasteiger partial charge in [0.2, 0.25) is 11.8 Å². The van der Waals surface area contributed by atoms with Gasteiger partial charge >= 0.3 is 0 Å². The van der Waals surface area contributed by atoms with Crippen molar-refractivity contribution >= 4 is 5.91 Å². The summed E-state index contributed by atoms with van der Waals surface area (Å²) in [5, 5.41) is 6.84. The summed E-state index contributed by atoms with van der Waals surface area (Å²) in [5.74, 6) is 2.65. The van der Waals surface area contributed by atoms with E-state index >= 15 is 0 Å². The van der Waals surface area contributed by atoms with Crippen molar-refractivity contribution in [3.8, 4) is 0 Å². The highest BCUT2D eigenvalue weighted by Crippen LogP contribution is 2.19. The van der Waals surface area contributed by atoms with Crippen molar-refractivity contribution in [1.29, 1.82) is 0 Å². The lowest BCUT2D eigenvalue weighted by atomic mass is 9.96. The molecule has 0 saturated heterocycles. The summed E-state index contributed by atoms with van der Waals surface area (Å²) in [5.41, 5.74) is -0.157. The van der Waals surface area contributed by atoms with Gasteiger partial charge < -0.3 is 14.3 Å². The van der Waals surface area contributed by atoms with E-state index in [0.717, 1.165) is 11.5 Å². The molecule has 1 N–H and O–H groups in total. The van der Waals surface area contributed by atoms with E-state index in [1.54, 1.807) is 0 Å². The summed E-state index contributed by atoms with van der Waals surface area (Å²) >= 11 is 0. The summed E-state index contributed by atoms with van der Waals surface area (Å²) in [4.78, 5) is 16.3. The van der Waals surface area contributed by atoms with Gasteiger partial charge in [0.05, 0.1) is 6.04 Å². The summed E-state index contributed by atoms with van der Waals surface area (Å²) in [7, 11) is 0. The average molecular weight is 305 g/mol. The van der Waals surface area contributed by atoms with Crippen LogP contribution < -0.4 is 5.32 Å². The Hall–Kier alpha value is -2.11. The monoisotopic (exact) mass is 305 g/mol. The minimum atomic E-state index is -0.158. The molecule has 0 spiro atoms. The molecular formula is C16H23N3O3. The molecule has 0 fully saturated rings. The lowest BCUT2D eigenvalue weighted by Gasteiger charge is -2.11. The van der Waals surface area contributed by atoms with Crippen molar-refractivity contribution in [2.45, 2.75) is 58.9 Å². The number of aryl methyl sites for hydroxylation is 2. The van der Waals surface area contributed by atoms with Crippen molar-refractivity contribution in [1.82, 2.24) is 15.5 Å². The molecule has 1 amide bonds. The number of carbonyl (C=O) groups excluding carboxylic acids is 1. The molecule has 0 radical (unpaired) electrons. The van der Waals surface area contributed by atoms with Crippen LogP contribution >= 0.6 is 0 Å². The van der Waals surface area contributed by atoms with Crippen LogP contribution in [0.3, 0.4) is 0 Å². The van der Waals surface area contributed by atoms with Crippen molar-refractivity contribution in [3.63, 3.8) is 0 Å². The van der Waals surface area contributed by atoms with Gasteiger partial charge in [-0.05, 0) is 26.0 Å². The molecule has 0 aromatic carbocycles. The molecule has 0 saturated carbocycles. The van der Waals surface area contributed by atoms with Crippen LogP contribution in [0.25, 0.3) is 0 Å². The summed E-state index contributed by atoms with van der Waals surface area (Å²) in [6, 6.07) is 3.59. The Labute approximate surface area is 130 Å². The maximum Gasteiger partial charge on any atom is 0.227 e. The highest BCUT2D eigenvalue weighted by atomic mass is 16.5. The maximum absolute atomic E-state index is 12.0. The fourth-order valence-electron chi connectivity index (χ4n) is 1.95. The van der Waals surface area contributed by atoms with Gasteiger partial charge in [0.15, 0.2) is 5.82 Å². The number of hydrogen-bond donors (Lipinski definition) is 1. The number of hydrogen-bond acceptors (Lipinski definition) is 5. The van der Waals surface area contributed by atoms with Gasteiger partial charge in [-0.3, -0.25) is 4.79 Å². The van der Waals surface area contributed by atoms with E-state index in [2.05, 4.69) is 15.5 Å². The lowest BCUT2D eigenvalue weighted by molar-refractivity contribution is -0.121. The molecule has 2 rings (SSSR count). The lowest BCUT2D eigenvalue weighted by Crippen LogP contribution is -2.26. The molecular weight excluding hydrogens is 282 g/mol. The van der Waals surface area contributed by atoms with Crippen LogP contribution in [0.5, 0.6) is 0 Å². The topological polar surface area (TPSA) is 81.2 Å². The third-order valence-corrected chi connectivity index (χ3v) is 3.27. The second-order valence-corrected chi connectivity index (χ2v) is 6.50. The fourth-order valence-corrected chi connectivity index (χ4v) is 1.95. The molecule has 0 aliphatic carbocycles. The van der Waals surface area contributed by atoms with Crippen molar-refractivity contribution < 1.29 is 13.7 Å². The molecule has 2 heterocycles. The standard InChI is InChI=1S/C16H23N3O3/c1-10-6-7-12(21-10)11(2)17-13(20)8-9-14-18-15(19-22-14)16(3,4)5/h6-7,11H,8-9H2,1-5H3,(H,17,20). The van der Waals surface area contributed by atoms with E-state index in [4.69, 9.17) is 8.94 Å². The average Bonchev–Trinajstić information content (AvgIpc) is 3.04. The number of furan rings is 1. The zero-order valence-electron chi connectivity index (χ0n) is 13.8. The first-order valence-electron chi connectivity index (χ1n) is 7.44. The van der Waals surface area contributed by atoms with Gasteiger partial charge in [-0.25, -0.2) is 0 Å². The van der Waals surface area contributed by atoms with Crippen LogP contribution in [0.15, 0.2) is 21.1 Å². The molecule has 1 atom stereocenters. The Bertz CT molecular complexity index is 637.